The molecular formula is C20H14O7. The number of hydrogen-bond acceptors (Lipinski definition) is 5. The van der Waals surface area contributed by atoms with Crippen LogP contribution in [0.25, 0.3) is 11.1 Å². The van der Waals surface area contributed by atoms with E-state index in [0.717, 1.165) is 0 Å². The average Bonchev–Trinajstić information content (AvgIpc) is 2.65. The van der Waals surface area contributed by atoms with Crippen LogP contribution < -0.4 is 0 Å². The molecular weight excluding hydrogens is 352 g/mol. The molecule has 0 aliphatic carbocycles. The van der Waals surface area contributed by atoms with Crippen LogP contribution in [-0.2, 0) is 23.9 Å². The molecule has 7 heteroatoms. The molecule has 2 aromatic carbocycles. The first kappa shape index (κ1) is 19.3. The number of carboxylic acid groups (broad SMARTS) is 2. The van der Waals surface area contributed by atoms with E-state index in [2.05, 4.69) is 0 Å². The Bertz CT molecular complexity index is 848. The van der Waals surface area contributed by atoms with E-state index in [-0.39, 0.29) is 22.3 Å². The summed E-state index contributed by atoms with van der Waals surface area (Å²) in [6.45, 7) is 0. The highest BCUT2D eigenvalue weighted by atomic mass is 16.6. The van der Waals surface area contributed by atoms with E-state index in [9.17, 15) is 19.2 Å². The van der Waals surface area contributed by atoms with Crippen LogP contribution in [0.3, 0.4) is 0 Å². The zero-order chi connectivity index (χ0) is 19.8. The summed E-state index contributed by atoms with van der Waals surface area (Å²) in [6.07, 6.45) is 1.24. The fourth-order valence-electron chi connectivity index (χ4n) is 2.20. The highest BCUT2D eigenvalue weighted by Gasteiger charge is 2.23. The molecule has 0 heterocycles. The molecule has 0 radical (unpaired) electrons. The summed E-state index contributed by atoms with van der Waals surface area (Å²) in [5.41, 5.74) is -0.222. The average molecular weight is 366 g/mol. The highest BCUT2D eigenvalue weighted by molar-refractivity contribution is 6.28. The van der Waals surface area contributed by atoms with E-state index in [4.69, 9.17) is 14.9 Å². The molecule has 2 N–H and O–H groups in total. The van der Waals surface area contributed by atoms with Crippen molar-refractivity contribution in [3.63, 3.8) is 0 Å². The van der Waals surface area contributed by atoms with Gasteiger partial charge in [-0.15, -0.1) is 0 Å². The van der Waals surface area contributed by atoms with Crippen molar-refractivity contribution in [2.75, 3.05) is 0 Å². The number of aliphatic carboxylic acids is 2. The minimum absolute atomic E-state index is 0.237. The van der Waals surface area contributed by atoms with Gasteiger partial charge < -0.3 is 14.9 Å². The Balaban J connectivity index is 2.34. The number of carbonyl (C=O) groups is 4. The maximum Gasteiger partial charge on any atom is 0.346 e. The lowest BCUT2D eigenvalue weighted by molar-refractivity contribution is -0.151. The lowest BCUT2D eigenvalue weighted by Crippen LogP contribution is -2.16. The van der Waals surface area contributed by atoms with Gasteiger partial charge in [0, 0.05) is 12.2 Å². The molecule has 27 heavy (non-hydrogen) atoms. The monoisotopic (exact) mass is 366 g/mol. The molecule has 7 nitrogen and oxygen atoms in total. The maximum absolute atomic E-state index is 12.4. The maximum atomic E-state index is 12.4. The van der Waals surface area contributed by atoms with E-state index in [1.807, 2.05) is 0 Å². The van der Waals surface area contributed by atoms with Crippen LogP contribution >= 0.6 is 0 Å². The van der Waals surface area contributed by atoms with Gasteiger partial charge in [-0.1, -0.05) is 60.7 Å². The quantitative estimate of drug-likeness (QED) is 0.458. The predicted octanol–water partition coefficient (Wildman–Crippen LogP) is 2.39. The molecule has 0 spiro atoms. The topological polar surface area (TPSA) is 118 Å². The summed E-state index contributed by atoms with van der Waals surface area (Å²) in [5.74, 6) is -5.22. The fourth-order valence-corrected chi connectivity index (χ4v) is 2.20. The number of ether oxygens (including phenoxy) is 1. The molecule has 0 fully saturated rings. The number of carbonyl (C=O) groups excluding carboxylic acids is 2. The number of rotatable bonds is 6. The third-order valence-corrected chi connectivity index (χ3v) is 3.33. The lowest BCUT2D eigenvalue weighted by atomic mass is 10.0. The van der Waals surface area contributed by atoms with Crippen LogP contribution in [0.5, 0.6) is 0 Å². The largest absolute Gasteiger partial charge is 0.478 e. The van der Waals surface area contributed by atoms with Gasteiger partial charge in [-0.05, 0) is 11.1 Å². The van der Waals surface area contributed by atoms with E-state index in [1.54, 1.807) is 36.4 Å². The smallest absolute Gasteiger partial charge is 0.346 e. The van der Waals surface area contributed by atoms with Crippen LogP contribution in [0.1, 0.15) is 11.1 Å². The molecule has 136 valence electrons. The Labute approximate surface area is 153 Å². The first-order valence-corrected chi connectivity index (χ1v) is 7.65. The summed E-state index contributed by atoms with van der Waals surface area (Å²) in [7, 11) is 0. The van der Waals surface area contributed by atoms with Crippen molar-refractivity contribution >= 4 is 35.0 Å². The van der Waals surface area contributed by atoms with Gasteiger partial charge in [0.05, 0.1) is 11.1 Å². The Morgan fingerprint density at radius 1 is 0.630 bits per heavy atom. The molecule has 0 aliphatic heterocycles. The van der Waals surface area contributed by atoms with Crippen LogP contribution in [-0.4, -0.2) is 34.1 Å². The molecule has 0 saturated heterocycles. The Hall–Kier alpha value is -4.00. The second-order valence-corrected chi connectivity index (χ2v) is 5.20. The first-order chi connectivity index (χ1) is 12.9. The van der Waals surface area contributed by atoms with Crippen molar-refractivity contribution in [2.24, 2.45) is 0 Å². The van der Waals surface area contributed by atoms with Crippen molar-refractivity contribution in [1.29, 1.82) is 0 Å². The third kappa shape index (κ3) is 5.50. The third-order valence-electron chi connectivity index (χ3n) is 3.33. The highest BCUT2D eigenvalue weighted by Crippen LogP contribution is 2.20. The van der Waals surface area contributed by atoms with Gasteiger partial charge >= 0.3 is 23.9 Å². The van der Waals surface area contributed by atoms with Crippen molar-refractivity contribution in [1.82, 2.24) is 0 Å². The van der Waals surface area contributed by atoms with Gasteiger partial charge in [-0.25, -0.2) is 19.2 Å². The van der Waals surface area contributed by atoms with Gasteiger partial charge in [-0.3, -0.25) is 0 Å². The Morgan fingerprint density at radius 3 is 1.26 bits per heavy atom. The molecule has 0 unspecified atom stereocenters. The molecule has 0 bridgehead atoms. The molecule has 0 aromatic heterocycles. The van der Waals surface area contributed by atoms with E-state index in [1.165, 1.54) is 24.3 Å². The minimum atomic E-state index is -1.40. The predicted molar refractivity (Wildman–Crippen MR) is 95.2 cm³/mol. The van der Waals surface area contributed by atoms with E-state index >= 15 is 0 Å². The molecule has 2 rings (SSSR count). The Kier molecular flexibility index (Phi) is 6.38. The number of carboxylic acids is 2. The Morgan fingerprint density at radius 2 is 0.963 bits per heavy atom. The lowest BCUT2D eigenvalue weighted by Gasteiger charge is -2.09. The molecule has 0 amide bonds. The second kappa shape index (κ2) is 8.91. The van der Waals surface area contributed by atoms with Crippen molar-refractivity contribution in [3.8, 4) is 0 Å². The number of benzene rings is 2. The fraction of sp³-hybridized carbons (Fsp3) is 0. The summed E-state index contributed by atoms with van der Waals surface area (Å²) < 4.78 is 4.74. The zero-order valence-electron chi connectivity index (χ0n) is 13.9. The standard InChI is InChI=1S/C20H14O7/c21-17(22)11-15(13-7-3-1-4-8-13)19(25)27-20(26)16(12-18(23)24)14-9-5-2-6-10-14/h1-12H,(H,21,22)(H,23,24)/b15-11-,16-12-. The SMILES string of the molecule is O=C(O)/C=C(\C(=O)OC(=O)/C(=C\C(=O)O)c1ccccc1)c1ccccc1. The van der Waals surface area contributed by atoms with Crippen LogP contribution in [0, 0.1) is 0 Å². The van der Waals surface area contributed by atoms with Crippen molar-refractivity contribution in [3.05, 3.63) is 83.9 Å². The first-order valence-electron chi connectivity index (χ1n) is 7.65. The van der Waals surface area contributed by atoms with Crippen molar-refractivity contribution in [2.45, 2.75) is 0 Å². The molecule has 0 aliphatic rings. The van der Waals surface area contributed by atoms with Gasteiger partial charge in [0.25, 0.3) is 0 Å². The van der Waals surface area contributed by atoms with Crippen LogP contribution in [0.4, 0.5) is 0 Å². The van der Waals surface area contributed by atoms with Crippen LogP contribution in [0.2, 0.25) is 0 Å². The summed E-state index contributed by atoms with van der Waals surface area (Å²) in [4.78, 5) is 46.8. The van der Waals surface area contributed by atoms with Crippen molar-refractivity contribution < 1.29 is 34.1 Å². The second-order valence-electron chi connectivity index (χ2n) is 5.20. The number of esters is 2. The molecule has 2 aromatic rings. The van der Waals surface area contributed by atoms with Gasteiger partial charge in [0.2, 0.25) is 0 Å². The summed E-state index contributed by atoms with van der Waals surface area (Å²) in [6, 6.07) is 15.6. The number of hydrogen-bond donors (Lipinski definition) is 2. The van der Waals surface area contributed by atoms with Crippen LogP contribution in [0.15, 0.2) is 72.8 Å². The van der Waals surface area contributed by atoms with E-state index in [0.29, 0.717) is 12.2 Å². The molecule has 0 saturated carbocycles. The summed E-state index contributed by atoms with van der Waals surface area (Å²) >= 11 is 0. The van der Waals surface area contributed by atoms with E-state index < -0.39 is 23.9 Å². The van der Waals surface area contributed by atoms with Gasteiger partial charge in [-0.2, -0.15) is 0 Å². The van der Waals surface area contributed by atoms with Gasteiger partial charge in [0.15, 0.2) is 0 Å². The van der Waals surface area contributed by atoms with Gasteiger partial charge in [0.1, 0.15) is 0 Å². The zero-order valence-corrected chi connectivity index (χ0v) is 13.9. The normalized spacial score (nSPS) is 11.6. The minimum Gasteiger partial charge on any atom is -0.478 e. The molecule has 0 atom stereocenters. The summed E-state index contributed by atoms with van der Waals surface area (Å²) in [5, 5.41) is 18.0.